The molecule has 0 aliphatic heterocycles. The first-order valence-electron chi connectivity index (χ1n) is 10.5. The minimum Gasteiger partial charge on any atom is -0.463 e. The Hall–Kier alpha value is -3.69. The van der Waals surface area contributed by atoms with E-state index >= 15 is 0 Å². The van der Waals surface area contributed by atoms with Gasteiger partial charge in [-0.25, -0.2) is 14.4 Å². The number of nitrogens with zero attached hydrogens (tertiary/aromatic N) is 5. The van der Waals surface area contributed by atoms with Gasteiger partial charge >= 0.3 is 0 Å². The number of furan rings is 1. The summed E-state index contributed by atoms with van der Waals surface area (Å²) in [4.78, 5) is 18.7. The number of rotatable bonds is 5. The lowest BCUT2D eigenvalue weighted by Gasteiger charge is -2.07. The highest BCUT2D eigenvalue weighted by Gasteiger charge is 2.17. The number of hydrogen-bond donors (Lipinski definition) is 0. The van der Waals surface area contributed by atoms with Crippen molar-refractivity contribution in [3.63, 3.8) is 0 Å². The van der Waals surface area contributed by atoms with E-state index in [2.05, 4.69) is 15.9 Å². The molecule has 5 aromatic rings. The van der Waals surface area contributed by atoms with Gasteiger partial charge in [-0.3, -0.25) is 9.48 Å². The van der Waals surface area contributed by atoms with Crippen molar-refractivity contribution in [1.29, 1.82) is 0 Å². The highest BCUT2D eigenvalue weighted by atomic mass is 79.9. The van der Waals surface area contributed by atoms with E-state index in [1.54, 1.807) is 21.8 Å². The Morgan fingerprint density at radius 1 is 1.03 bits per heavy atom. The van der Waals surface area contributed by atoms with Gasteiger partial charge in [0.15, 0.2) is 11.4 Å². The van der Waals surface area contributed by atoms with Gasteiger partial charge in [-0.05, 0) is 37.3 Å². The standard InChI is InChI=1S/C25H20BrN5O2S/c1-17-23(24(32)31(29(17)2)19-10-4-3-5-11-19)28-25-30(21(16-34-25)22-13-8-14-33-22)27-15-18-9-6-7-12-20(18)26/h3-16H,1-2H3. The molecule has 2 aromatic carbocycles. The van der Waals surface area contributed by atoms with E-state index in [-0.39, 0.29) is 5.56 Å². The zero-order chi connectivity index (χ0) is 23.7. The highest BCUT2D eigenvalue weighted by molar-refractivity contribution is 9.10. The molecule has 0 atom stereocenters. The quantitative estimate of drug-likeness (QED) is 0.280. The van der Waals surface area contributed by atoms with Gasteiger partial charge in [0.1, 0.15) is 5.69 Å². The molecule has 0 unspecified atom stereocenters. The van der Waals surface area contributed by atoms with E-state index in [0.717, 1.165) is 27.1 Å². The largest absolute Gasteiger partial charge is 0.463 e. The summed E-state index contributed by atoms with van der Waals surface area (Å²) in [5.74, 6) is 0.661. The molecular formula is C25H20BrN5O2S. The van der Waals surface area contributed by atoms with Gasteiger partial charge < -0.3 is 4.42 Å². The van der Waals surface area contributed by atoms with Crippen LogP contribution in [0.5, 0.6) is 0 Å². The molecule has 0 amide bonds. The maximum atomic E-state index is 13.4. The van der Waals surface area contributed by atoms with Crippen LogP contribution in [0.15, 0.2) is 102 Å². The lowest BCUT2D eigenvalue weighted by molar-refractivity contribution is 0.575. The fourth-order valence-electron chi connectivity index (χ4n) is 3.56. The normalized spacial score (nSPS) is 12.1. The van der Waals surface area contributed by atoms with E-state index < -0.39 is 0 Å². The summed E-state index contributed by atoms with van der Waals surface area (Å²) < 4.78 is 11.7. The number of benzene rings is 2. The minimum absolute atomic E-state index is 0.194. The van der Waals surface area contributed by atoms with E-state index in [4.69, 9.17) is 14.5 Å². The third kappa shape index (κ3) is 4.04. The van der Waals surface area contributed by atoms with Crippen LogP contribution in [-0.2, 0) is 7.05 Å². The first-order valence-corrected chi connectivity index (χ1v) is 12.1. The molecule has 3 heterocycles. The van der Waals surface area contributed by atoms with Crippen LogP contribution in [0.25, 0.3) is 17.1 Å². The van der Waals surface area contributed by atoms with Crippen LogP contribution in [-0.4, -0.2) is 20.3 Å². The van der Waals surface area contributed by atoms with Crippen LogP contribution in [0.4, 0.5) is 5.69 Å². The smallest absolute Gasteiger partial charge is 0.297 e. The first-order chi connectivity index (χ1) is 16.5. The Bertz CT molecular complexity index is 1610. The molecule has 34 heavy (non-hydrogen) atoms. The molecule has 170 valence electrons. The van der Waals surface area contributed by atoms with Gasteiger partial charge in [-0.15, -0.1) is 11.3 Å². The van der Waals surface area contributed by atoms with Crippen molar-refractivity contribution in [2.45, 2.75) is 6.92 Å². The summed E-state index contributed by atoms with van der Waals surface area (Å²) in [5, 5.41) is 6.62. The van der Waals surface area contributed by atoms with E-state index in [1.807, 2.05) is 90.8 Å². The molecule has 0 N–H and O–H groups in total. The number of halogens is 1. The van der Waals surface area contributed by atoms with E-state index in [1.165, 1.54) is 11.3 Å². The van der Waals surface area contributed by atoms with Crippen molar-refractivity contribution in [3.8, 4) is 17.1 Å². The molecule has 5 rings (SSSR count). The molecule has 0 saturated heterocycles. The third-order valence-corrected chi connectivity index (χ3v) is 6.95. The summed E-state index contributed by atoms with van der Waals surface area (Å²) in [6.07, 6.45) is 3.37. The van der Waals surface area contributed by atoms with Crippen LogP contribution >= 0.6 is 27.3 Å². The number of hydrogen-bond acceptors (Lipinski definition) is 5. The molecule has 0 spiro atoms. The second-order valence-corrected chi connectivity index (χ2v) is 9.17. The van der Waals surface area contributed by atoms with Crippen LogP contribution in [0, 0.1) is 6.92 Å². The molecule has 0 aliphatic rings. The van der Waals surface area contributed by atoms with Crippen LogP contribution in [0.3, 0.4) is 0 Å². The van der Waals surface area contributed by atoms with Crippen LogP contribution in [0.1, 0.15) is 11.3 Å². The molecule has 7 nitrogen and oxygen atoms in total. The van der Waals surface area contributed by atoms with Crippen molar-refractivity contribution < 1.29 is 4.42 Å². The summed E-state index contributed by atoms with van der Waals surface area (Å²) >= 11 is 4.95. The number of para-hydroxylation sites is 1. The van der Waals surface area contributed by atoms with Gasteiger partial charge in [0.25, 0.3) is 5.56 Å². The monoisotopic (exact) mass is 533 g/mol. The zero-order valence-electron chi connectivity index (χ0n) is 18.4. The van der Waals surface area contributed by atoms with Gasteiger partial charge in [0.2, 0.25) is 4.80 Å². The Labute approximate surface area is 207 Å². The summed E-state index contributed by atoms with van der Waals surface area (Å²) in [7, 11) is 1.85. The average molecular weight is 534 g/mol. The SMILES string of the molecule is Cc1c(N=c2scc(-c3ccco3)n2N=Cc2ccccc2Br)c(=O)n(-c2ccccc2)n1C. The first kappa shape index (κ1) is 22.1. The summed E-state index contributed by atoms with van der Waals surface area (Å²) in [6.45, 7) is 1.88. The van der Waals surface area contributed by atoms with Crippen LogP contribution < -0.4 is 10.4 Å². The highest BCUT2D eigenvalue weighted by Crippen LogP contribution is 2.22. The van der Waals surface area contributed by atoms with Crippen molar-refractivity contribution in [2.24, 2.45) is 17.1 Å². The maximum absolute atomic E-state index is 13.4. The lowest BCUT2D eigenvalue weighted by Crippen LogP contribution is -2.19. The Morgan fingerprint density at radius 3 is 2.53 bits per heavy atom. The Kier molecular flexibility index (Phi) is 6.04. The molecule has 0 radical (unpaired) electrons. The minimum atomic E-state index is -0.194. The van der Waals surface area contributed by atoms with E-state index in [9.17, 15) is 4.79 Å². The molecule has 0 fully saturated rings. The third-order valence-electron chi connectivity index (χ3n) is 5.41. The topological polar surface area (TPSA) is 69.7 Å². The Balaban J connectivity index is 1.69. The van der Waals surface area contributed by atoms with Crippen molar-refractivity contribution in [1.82, 2.24) is 14.0 Å². The number of aromatic nitrogens is 3. The van der Waals surface area contributed by atoms with Crippen molar-refractivity contribution in [3.05, 3.63) is 109 Å². The second-order valence-electron chi connectivity index (χ2n) is 7.48. The Morgan fingerprint density at radius 2 is 1.79 bits per heavy atom. The molecule has 0 bridgehead atoms. The number of thiazole rings is 1. The molecule has 0 saturated carbocycles. The maximum Gasteiger partial charge on any atom is 0.297 e. The fraction of sp³-hybridized carbons (Fsp3) is 0.0800. The van der Waals surface area contributed by atoms with Gasteiger partial charge in [-0.2, -0.15) is 5.10 Å². The fourth-order valence-corrected chi connectivity index (χ4v) is 4.77. The lowest BCUT2D eigenvalue weighted by atomic mass is 10.2. The molecule has 9 heteroatoms. The predicted octanol–water partition coefficient (Wildman–Crippen LogP) is 5.48. The van der Waals surface area contributed by atoms with Crippen molar-refractivity contribution >= 4 is 39.2 Å². The molecular weight excluding hydrogens is 514 g/mol. The van der Waals surface area contributed by atoms with Gasteiger partial charge in [0.05, 0.1) is 23.9 Å². The summed E-state index contributed by atoms with van der Waals surface area (Å²) in [6, 6.07) is 21.0. The molecule has 0 aliphatic carbocycles. The predicted molar refractivity (Wildman–Crippen MR) is 138 cm³/mol. The van der Waals surface area contributed by atoms with Gasteiger partial charge in [0, 0.05) is 22.5 Å². The average Bonchev–Trinajstić information content (AvgIpc) is 3.56. The van der Waals surface area contributed by atoms with E-state index in [0.29, 0.717) is 16.2 Å². The summed E-state index contributed by atoms with van der Waals surface area (Å²) in [5.41, 5.74) is 3.36. The zero-order valence-corrected chi connectivity index (χ0v) is 20.8. The van der Waals surface area contributed by atoms with Gasteiger partial charge in [-0.1, -0.05) is 52.3 Å². The second kappa shape index (κ2) is 9.28. The molecule has 3 aromatic heterocycles. The van der Waals surface area contributed by atoms with Crippen molar-refractivity contribution in [2.75, 3.05) is 0 Å². The van der Waals surface area contributed by atoms with Crippen LogP contribution in [0.2, 0.25) is 0 Å².